The molecule has 0 aromatic heterocycles. The fourth-order valence-corrected chi connectivity index (χ4v) is 6.10. The van der Waals surface area contributed by atoms with Crippen LogP contribution in [0.25, 0.3) is 0 Å². The van der Waals surface area contributed by atoms with Gasteiger partial charge in [0.05, 0.1) is 5.75 Å². The first-order valence-electron chi connectivity index (χ1n) is 10.5. The van der Waals surface area contributed by atoms with Crippen molar-refractivity contribution in [2.75, 3.05) is 18.1 Å². The van der Waals surface area contributed by atoms with Gasteiger partial charge in [-0.1, -0.05) is 30.3 Å². The van der Waals surface area contributed by atoms with Crippen molar-refractivity contribution in [2.24, 2.45) is 0 Å². The molecule has 0 saturated carbocycles. The first-order chi connectivity index (χ1) is 14.4. The molecule has 4 unspecified atom stereocenters. The van der Waals surface area contributed by atoms with Crippen LogP contribution in [0.4, 0.5) is 4.39 Å². The Bertz CT molecular complexity index is 669. The summed E-state index contributed by atoms with van der Waals surface area (Å²) in [4.78, 5) is 26.8. The van der Waals surface area contributed by atoms with Crippen molar-refractivity contribution in [1.82, 2.24) is 0 Å². The van der Waals surface area contributed by atoms with Gasteiger partial charge in [0.1, 0.15) is 5.75 Å². The van der Waals surface area contributed by atoms with E-state index in [-0.39, 0.29) is 67.2 Å². The van der Waals surface area contributed by atoms with Gasteiger partial charge in [-0.15, -0.1) is 12.2 Å². The predicted octanol–water partition coefficient (Wildman–Crippen LogP) is 5.11. The number of carbonyl (C=O) groups excluding carboxylic acids is 2. The quantitative estimate of drug-likeness (QED) is 0.0630. The van der Waals surface area contributed by atoms with Crippen LogP contribution in [0.2, 0.25) is 0 Å². The van der Waals surface area contributed by atoms with Gasteiger partial charge in [0.2, 0.25) is 5.78 Å². The molecule has 2 fully saturated rings. The van der Waals surface area contributed by atoms with E-state index in [1.807, 2.05) is 30.3 Å². The molecule has 8 heteroatoms. The topological polar surface area (TPSA) is 55.9 Å². The Kier molecular flexibility index (Phi) is 14.5. The minimum atomic E-state index is -1.81. The second-order valence-electron chi connectivity index (χ2n) is 7.31. The molecule has 2 saturated heterocycles. The first-order valence-corrected chi connectivity index (χ1v) is 14.9. The van der Waals surface area contributed by atoms with Gasteiger partial charge in [0.15, 0.2) is 0 Å². The second kappa shape index (κ2) is 15.3. The van der Waals surface area contributed by atoms with Crippen LogP contribution in [0.1, 0.15) is 56.3 Å². The van der Waals surface area contributed by atoms with Gasteiger partial charge in [0, 0.05) is 5.56 Å². The molecule has 1 aromatic carbocycles. The second-order valence-corrected chi connectivity index (χ2v) is 12.1. The van der Waals surface area contributed by atoms with E-state index >= 15 is 0 Å². The third-order valence-electron chi connectivity index (χ3n) is 5.00. The van der Waals surface area contributed by atoms with Crippen LogP contribution >= 0.6 is 21.2 Å². The van der Waals surface area contributed by atoms with Crippen LogP contribution < -0.4 is 0 Å². The molecular weight excluding hydrogens is 756 g/mol. The third kappa shape index (κ3) is 10.0. The largest absolute Gasteiger partial charge is 2.00 e. The summed E-state index contributed by atoms with van der Waals surface area (Å²) >= 11 is -1.22. The molecular formula is C23H33FIO4SU+. The number of ether oxygens (including phenoxy) is 2. The van der Waals surface area contributed by atoms with Crippen molar-refractivity contribution in [2.45, 2.75) is 61.8 Å². The molecule has 4 nitrogen and oxygen atoms in total. The Balaban J connectivity index is 0.000000302. The summed E-state index contributed by atoms with van der Waals surface area (Å²) < 4.78 is 22.3. The van der Waals surface area contributed by atoms with Crippen molar-refractivity contribution in [1.29, 1.82) is 0 Å². The van der Waals surface area contributed by atoms with E-state index in [0.29, 0.717) is 5.78 Å². The van der Waals surface area contributed by atoms with E-state index < -0.39 is 30.8 Å². The monoisotopic (exact) mass is 789 g/mol. The van der Waals surface area contributed by atoms with Gasteiger partial charge >= 0.3 is 137 Å². The average Bonchev–Trinajstić information content (AvgIpc) is 3.31. The Morgan fingerprint density at radius 2 is 2.03 bits per heavy atom. The molecule has 2 aliphatic heterocycles. The summed E-state index contributed by atoms with van der Waals surface area (Å²) in [6.45, 7) is 3.90. The molecule has 0 bridgehead atoms. The van der Waals surface area contributed by atoms with Crippen LogP contribution in [-0.2, 0) is 25.2 Å². The van der Waals surface area contributed by atoms with Gasteiger partial charge in [-0.05, 0) is 6.42 Å². The Morgan fingerprint density at radius 3 is 2.58 bits per heavy atom. The van der Waals surface area contributed by atoms with Crippen LogP contribution in [0.15, 0.2) is 30.3 Å². The van der Waals surface area contributed by atoms with Crippen LogP contribution in [0.5, 0.6) is 0 Å². The van der Waals surface area contributed by atoms with Gasteiger partial charge < -0.3 is 0 Å². The molecule has 0 aliphatic carbocycles. The normalized spacial score (nSPS) is 23.7. The van der Waals surface area contributed by atoms with Crippen molar-refractivity contribution >= 4 is 43.9 Å². The molecule has 2 aliphatic rings. The molecule has 0 N–H and O–H groups in total. The number of epoxide rings is 1. The van der Waals surface area contributed by atoms with Gasteiger partial charge in [-0.3, -0.25) is 4.79 Å². The molecule has 0 radical (unpaired) electrons. The first kappa shape index (κ1) is 29.4. The number of rotatable bonds is 10. The van der Waals surface area contributed by atoms with Crippen LogP contribution in [0.3, 0.4) is 0 Å². The number of hydrogen-bond acceptors (Lipinski definition) is 4. The molecule has 31 heavy (non-hydrogen) atoms. The summed E-state index contributed by atoms with van der Waals surface area (Å²) in [7, 11) is 0.268. The third-order valence-corrected chi connectivity index (χ3v) is 9.76. The minimum Gasteiger partial charge on any atom is 2.00 e. The van der Waals surface area contributed by atoms with Gasteiger partial charge in [-0.2, -0.15) is 10.9 Å². The smallest absolute Gasteiger partial charge is 2.00 e. The number of alkyl halides is 2. The fourth-order valence-electron chi connectivity index (χ4n) is 3.04. The van der Waals surface area contributed by atoms with Crippen molar-refractivity contribution in [3.8, 4) is 0 Å². The number of esters is 1. The molecule has 0 spiro atoms. The summed E-state index contributed by atoms with van der Waals surface area (Å²) in [5.74, 6) is 3.81. The number of Topliss-reactive ketones (excluding diaryl/α,β-unsaturated/α-hetero) is 1. The number of benzene rings is 1. The van der Waals surface area contributed by atoms with E-state index in [2.05, 4.69) is 17.6 Å². The maximum absolute atomic E-state index is 13.8. The molecule has 0 amide bonds. The van der Waals surface area contributed by atoms with Crippen molar-refractivity contribution in [3.63, 3.8) is 0 Å². The molecule has 2 heterocycles. The van der Waals surface area contributed by atoms with E-state index in [9.17, 15) is 14.0 Å². The van der Waals surface area contributed by atoms with Crippen molar-refractivity contribution in [3.05, 3.63) is 46.6 Å². The summed E-state index contributed by atoms with van der Waals surface area (Å²) in [6, 6.07) is 9.60. The Labute approximate surface area is 223 Å². The maximum Gasteiger partial charge on any atom is 2.00 e. The molecule has 3 rings (SSSR count). The molecule has 172 valence electrons. The van der Waals surface area contributed by atoms with Gasteiger partial charge in [-0.25, -0.2) is 0 Å². The van der Waals surface area contributed by atoms with Gasteiger partial charge in [0.25, 0.3) is 0 Å². The van der Waals surface area contributed by atoms with E-state index in [0.717, 1.165) is 24.2 Å². The summed E-state index contributed by atoms with van der Waals surface area (Å²) in [5, 5.41) is 0. The number of ketones is 1. The van der Waals surface area contributed by atoms with Crippen molar-refractivity contribution < 1.29 is 54.6 Å². The van der Waals surface area contributed by atoms with E-state index in [1.54, 1.807) is 6.92 Å². The average molecular weight is 790 g/mol. The zero-order chi connectivity index (χ0) is 22.0. The number of hydrogen-bond donors (Lipinski definition) is 0. The Hall–Kier alpha value is 0.382. The predicted molar refractivity (Wildman–Crippen MR) is 131 cm³/mol. The summed E-state index contributed by atoms with van der Waals surface area (Å²) in [6.07, 6.45) is 4.82. The van der Waals surface area contributed by atoms with Crippen LogP contribution in [-0.4, -0.2) is 45.7 Å². The maximum atomic E-state index is 13.8. The van der Waals surface area contributed by atoms with Crippen LogP contribution in [0, 0.1) is 41.8 Å². The number of carbonyl (C=O) groups is 2. The SMILES string of the molecule is O=C(C[S+]1[CH-]CCC1)c1ccccc1.[CH2-][IH]C(F)(CC)C(=O)OCC1OC1CCC.[U+2]. The molecule has 1 aromatic rings. The zero-order valence-electron chi connectivity index (χ0n) is 18.3. The number of halogens is 2. The summed E-state index contributed by atoms with van der Waals surface area (Å²) in [5.41, 5.74) is 0.861. The van der Waals surface area contributed by atoms with E-state index in [1.165, 1.54) is 18.6 Å². The zero-order valence-corrected chi connectivity index (χ0v) is 25.6. The molecule has 4 atom stereocenters. The minimum absolute atomic E-state index is 0. The fraction of sp³-hybridized carbons (Fsp3) is 0.565. The standard InChI is InChI=1S/C12H14OS.C11H19FIO3.U/c13-12(10-14-8-4-5-9-14)11-6-2-1-3-7-11;1-4-6-8-9(16-8)7-15-10(14)11(12,5-2)13-3;/h1-3,6-8H,4-5,9-10H2;8-9,13H,3-7H2,1-2H3;/q;-1;+2. The Morgan fingerprint density at radius 1 is 1.32 bits per heavy atom. The van der Waals surface area contributed by atoms with E-state index in [4.69, 9.17) is 9.47 Å².